The first-order valence-electron chi connectivity index (χ1n) is 12.0. The highest BCUT2D eigenvalue weighted by atomic mass is 32.2. The SMILES string of the molecule is Cc1nn(-c2ccccc2)c(C)c1CN(C)C(=O)CSc1nnc(C2CC2)n1Cc1ccccc1. The maximum atomic E-state index is 13.1. The van der Waals surface area contributed by atoms with Gasteiger partial charge < -0.3 is 9.47 Å². The minimum Gasteiger partial charge on any atom is -0.341 e. The first kappa shape index (κ1) is 23.4. The third-order valence-electron chi connectivity index (χ3n) is 6.46. The summed E-state index contributed by atoms with van der Waals surface area (Å²) in [5.41, 5.74) is 5.31. The highest BCUT2D eigenvalue weighted by Gasteiger charge is 2.30. The normalized spacial score (nSPS) is 13.2. The van der Waals surface area contributed by atoms with E-state index in [0.717, 1.165) is 53.0 Å². The predicted molar refractivity (Wildman–Crippen MR) is 138 cm³/mol. The average Bonchev–Trinajstić information content (AvgIpc) is 3.59. The van der Waals surface area contributed by atoms with Crippen molar-refractivity contribution in [3.63, 3.8) is 0 Å². The average molecular weight is 487 g/mol. The van der Waals surface area contributed by atoms with Crippen molar-refractivity contribution in [2.75, 3.05) is 12.8 Å². The van der Waals surface area contributed by atoms with Crippen LogP contribution >= 0.6 is 11.8 Å². The molecule has 2 heterocycles. The minimum absolute atomic E-state index is 0.0588. The molecule has 4 aromatic rings. The van der Waals surface area contributed by atoms with Gasteiger partial charge in [-0.2, -0.15) is 5.10 Å². The summed E-state index contributed by atoms with van der Waals surface area (Å²) in [6, 6.07) is 20.4. The van der Waals surface area contributed by atoms with Gasteiger partial charge in [0.1, 0.15) is 5.82 Å². The Labute approximate surface area is 210 Å². The lowest BCUT2D eigenvalue weighted by atomic mass is 10.2. The van der Waals surface area contributed by atoms with Crippen molar-refractivity contribution < 1.29 is 4.79 Å². The Morgan fingerprint density at radius 1 is 1.03 bits per heavy atom. The fourth-order valence-corrected chi connectivity index (χ4v) is 5.14. The van der Waals surface area contributed by atoms with Crippen molar-refractivity contribution in [1.29, 1.82) is 0 Å². The molecule has 0 atom stereocenters. The standard InChI is InChI=1S/C27H30N6OS/c1-19-24(20(2)33(30-19)23-12-8-5-9-13-23)17-31(3)25(34)18-35-27-29-28-26(22-14-15-22)32(27)16-21-10-6-4-7-11-21/h4-13,22H,14-18H2,1-3H3. The van der Waals surface area contributed by atoms with Gasteiger partial charge in [0.2, 0.25) is 5.91 Å². The van der Waals surface area contributed by atoms with E-state index >= 15 is 0 Å². The summed E-state index contributed by atoms with van der Waals surface area (Å²) < 4.78 is 4.13. The quantitative estimate of drug-likeness (QED) is 0.319. The van der Waals surface area contributed by atoms with Crippen molar-refractivity contribution in [1.82, 2.24) is 29.4 Å². The highest BCUT2D eigenvalue weighted by Crippen LogP contribution is 2.40. The van der Waals surface area contributed by atoms with E-state index in [1.807, 2.05) is 67.2 Å². The van der Waals surface area contributed by atoms with Gasteiger partial charge in [0.05, 0.1) is 23.7 Å². The van der Waals surface area contributed by atoms with Crippen LogP contribution in [0.4, 0.5) is 0 Å². The molecule has 0 bridgehead atoms. The third-order valence-corrected chi connectivity index (χ3v) is 7.41. The molecule has 180 valence electrons. The van der Waals surface area contributed by atoms with Crippen molar-refractivity contribution in [3.05, 3.63) is 89.0 Å². The number of carbonyl (C=O) groups is 1. The number of aromatic nitrogens is 5. The maximum absolute atomic E-state index is 13.1. The summed E-state index contributed by atoms with van der Waals surface area (Å²) in [4.78, 5) is 14.8. The number of thioether (sulfide) groups is 1. The molecular formula is C27H30N6OS. The van der Waals surface area contributed by atoms with Crippen LogP contribution in [0, 0.1) is 13.8 Å². The van der Waals surface area contributed by atoms with Gasteiger partial charge in [0, 0.05) is 30.8 Å². The van der Waals surface area contributed by atoms with Gasteiger partial charge in [0.15, 0.2) is 5.16 Å². The molecule has 1 aliphatic carbocycles. The number of amides is 1. The molecular weight excluding hydrogens is 456 g/mol. The monoisotopic (exact) mass is 486 g/mol. The van der Waals surface area contributed by atoms with Gasteiger partial charge in [-0.05, 0) is 44.4 Å². The third kappa shape index (κ3) is 5.17. The second kappa shape index (κ2) is 10.1. The molecule has 5 rings (SSSR count). The molecule has 1 aliphatic rings. The largest absolute Gasteiger partial charge is 0.341 e. The molecule has 0 radical (unpaired) electrons. The first-order valence-corrected chi connectivity index (χ1v) is 12.9. The highest BCUT2D eigenvalue weighted by molar-refractivity contribution is 7.99. The van der Waals surface area contributed by atoms with Gasteiger partial charge in [0.25, 0.3) is 0 Å². The van der Waals surface area contributed by atoms with Gasteiger partial charge in [-0.25, -0.2) is 4.68 Å². The topological polar surface area (TPSA) is 68.8 Å². The minimum atomic E-state index is 0.0588. The van der Waals surface area contributed by atoms with E-state index in [0.29, 0.717) is 18.2 Å². The summed E-state index contributed by atoms with van der Waals surface area (Å²) in [7, 11) is 1.85. The Morgan fingerprint density at radius 3 is 2.40 bits per heavy atom. The lowest BCUT2D eigenvalue weighted by Crippen LogP contribution is -2.28. The number of benzene rings is 2. The van der Waals surface area contributed by atoms with Crippen molar-refractivity contribution in [2.24, 2.45) is 0 Å². The fraction of sp³-hybridized carbons (Fsp3) is 0.333. The molecule has 0 unspecified atom stereocenters. The molecule has 7 nitrogen and oxygen atoms in total. The number of nitrogens with zero attached hydrogens (tertiary/aromatic N) is 6. The summed E-state index contributed by atoms with van der Waals surface area (Å²) in [6.45, 7) is 5.30. The van der Waals surface area contributed by atoms with Gasteiger partial charge in [-0.1, -0.05) is 60.3 Å². The number of hydrogen-bond acceptors (Lipinski definition) is 5. The summed E-state index contributed by atoms with van der Waals surface area (Å²) in [6.07, 6.45) is 2.32. The van der Waals surface area contributed by atoms with E-state index in [2.05, 4.69) is 33.8 Å². The molecule has 2 aromatic carbocycles. The number of carbonyl (C=O) groups excluding carboxylic acids is 1. The summed E-state index contributed by atoms with van der Waals surface area (Å²) in [5.74, 6) is 1.91. The van der Waals surface area contributed by atoms with Crippen LogP contribution in [0.3, 0.4) is 0 Å². The van der Waals surface area contributed by atoms with Crippen molar-refractivity contribution >= 4 is 17.7 Å². The van der Waals surface area contributed by atoms with Gasteiger partial charge in [-0.3, -0.25) is 4.79 Å². The van der Waals surface area contributed by atoms with Crippen LogP contribution in [-0.2, 0) is 17.9 Å². The van der Waals surface area contributed by atoms with E-state index in [-0.39, 0.29) is 5.91 Å². The van der Waals surface area contributed by atoms with Gasteiger partial charge >= 0.3 is 0 Å². The molecule has 8 heteroatoms. The fourth-order valence-electron chi connectivity index (χ4n) is 4.25. The number of hydrogen-bond donors (Lipinski definition) is 0. The van der Waals surface area contributed by atoms with E-state index in [1.54, 1.807) is 4.90 Å². The van der Waals surface area contributed by atoms with E-state index in [9.17, 15) is 4.79 Å². The zero-order valence-corrected chi connectivity index (χ0v) is 21.2. The van der Waals surface area contributed by atoms with Crippen LogP contribution in [0.5, 0.6) is 0 Å². The maximum Gasteiger partial charge on any atom is 0.233 e. The Balaban J connectivity index is 1.26. The lowest BCUT2D eigenvalue weighted by Gasteiger charge is -2.17. The molecule has 35 heavy (non-hydrogen) atoms. The van der Waals surface area contributed by atoms with E-state index < -0.39 is 0 Å². The van der Waals surface area contributed by atoms with E-state index in [1.165, 1.54) is 17.3 Å². The zero-order valence-electron chi connectivity index (χ0n) is 20.4. The van der Waals surface area contributed by atoms with Crippen LogP contribution in [0.2, 0.25) is 0 Å². The van der Waals surface area contributed by atoms with E-state index in [4.69, 9.17) is 5.10 Å². The van der Waals surface area contributed by atoms with Crippen LogP contribution in [0.1, 0.15) is 47.1 Å². The smallest absolute Gasteiger partial charge is 0.233 e. The first-order chi connectivity index (χ1) is 17.0. The Morgan fingerprint density at radius 2 is 1.71 bits per heavy atom. The number of aryl methyl sites for hydroxylation is 1. The second-order valence-corrected chi connectivity index (χ2v) is 10.1. The molecule has 2 aromatic heterocycles. The van der Waals surface area contributed by atoms with Crippen molar-refractivity contribution in [3.8, 4) is 5.69 Å². The molecule has 1 saturated carbocycles. The molecule has 0 aliphatic heterocycles. The molecule has 0 spiro atoms. The summed E-state index contributed by atoms with van der Waals surface area (Å²) >= 11 is 1.47. The number of rotatable bonds is 9. The van der Waals surface area contributed by atoms with Crippen LogP contribution in [-0.4, -0.2) is 48.2 Å². The Kier molecular flexibility index (Phi) is 6.72. The van der Waals surface area contributed by atoms with Gasteiger partial charge in [-0.15, -0.1) is 10.2 Å². The molecule has 1 fully saturated rings. The zero-order chi connectivity index (χ0) is 24.4. The molecule has 0 N–H and O–H groups in total. The molecule has 0 saturated heterocycles. The van der Waals surface area contributed by atoms with Crippen LogP contribution in [0.15, 0.2) is 65.8 Å². The number of para-hydroxylation sites is 1. The Hall–Kier alpha value is -3.39. The van der Waals surface area contributed by atoms with Crippen molar-refractivity contribution in [2.45, 2.75) is 50.9 Å². The second-order valence-electron chi connectivity index (χ2n) is 9.12. The Bertz CT molecular complexity index is 1310. The van der Waals surface area contributed by atoms with Crippen LogP contribution in [0.25, 0.3) is 5.69 Å². The molecule has 1 amide bonds. The van der Waals surface area contributed by atoms with Crippen LogP contribution < -0.4 is 0 Å². The lowest BCUT2D eigenvalue weighted by molar-refractivity contribution is -0.127. The predicted octanol–water partition coefficient (Wildman–Crippen LogP) is 4.76. The summed E-state index contributed by atoms with van der Waals surface area (Å²) in [5, 5.41) is 14.4.